The number of nitro benzene ring substituents is 1. The number of aliphatic hydroxyl groups is 2. The van der Waals surface area contributed by atoms with Crippen molar-refractivity contribution in [2.45, 2.75) is 96.1 Å². The van der Waals surface area contributed by atoms with Crippen molar-refractivity contribution in [3.05, 3.63) is 39.9 Å². The molecular formula is C23H40N2O4. The van der Waals surface area contributed by atoms with Crippen molar-refractivity contribution in [2.75, 3.05) is 13.2 Å². The molecule has 0 radical (unpaired) electrons. The average Bonchev–Trinajstić information content (AvgIpc) is 2.73. The Morgan fingerprint density at radius 3 is 1.83 bits per heavy atom. The second kappa shape index (κ2) is 16.3. The van der Waals surface area contributed by atoms with Crippen LogP contribution in [0, 0.1) is 10.1 Å². The van der Waals surface area contributed by atoms with Gasteiger partial charge in [-0.05, 0) is 30.7 Å². The van der Waals surface area contributed by atoms with Crippen molar-refractivity contribution in [3.8, 4) is 0 Å². The Balaban J connectivity index is 2.09. The Labute approximate surface area is 175 Å². The van der Waals surface area contributed by atoms with Gasteiger partial charge in [-0.3, -0.25) is 10.1 Å². The maximum atomic E-state index is 10.7. The average molecular weight is 409 g/mol. The first-order valence-corrected chi connectivity index (χ1v) is 11.4. The van der Waals surface area contributed by atoms with Gasteiger partial charge in [-0.2, -0.15) is 0 Å². The predicted molar refractivity (Wildman–Crippen MR) is 118 cm³/mol. The summed E-state index contributed by atoms with van der Waals surface area (Å²) < 4.78 is 0. The van der Waals surface area contributed by atoms with Crippen LogP contribution in [-0.2, 0) is 0 Å². The molecule has 3 N–H and O–H groups in total. The van der Waals surface area contributed by atoms with Crippen LogP contribution >= 0.6 is 0 Å². The van der Waals surface area contributed by atoms with Crippen molar-refractivity contribution < 1.29 is 15.1 Å². The summed E-state index contributed by atoms with van der Waals surface area (Å²) in [6, 6.07) is 5.36. The van der Waals surface area contributed by atoms with Crippen molar-refractivity contribution in [3.63, 3.8) is 0 Å². The van der Waals surface area contributed by atoms with E-state index in [-0.39, 0.29) is 12.3 Å². The van der Waals surface area contributed by atoms with Crippen molar-refractivity contribution >= 4 is 5.69 Å². The van der Waals surface area contributed by atoms with Gasteiger partial charge in [0.15, 0.2) is 0 Å². The summed E-state index contributed by atoms with van der Waals surface area (Å²) in [6.07, 6.45) is 14.6. The molecule has 6 heteroatoms. The molecule has 0 unspecified atom stereocenters. The fraction of sp³-hybridized carbons (Fsp3) is 0.739. The summed E-state index contributed by atoms with van der Waals surface area (Å²) in [7, 11) is 0. The number of non-ortho nitro benzene ring substituents is 1. The number of aliphatic hydroxyl groups excluding tert-OH is 2. The molecule has 0 spiro atoms. The van der Waals surface area contributed by atoms with Crippen LogP contribution in [-0.4, -0.2) is 34.3 Å². The van der Waals surface area contributed by atoms with E-state index in [9.17, 15) is 20.3 Å². The molecule has 0 saturated heterocycles. The van der Waals surface area contributed by atoms with Gasteiger partial charge in [-0.1, -0.05) is 77.6 Å². The van der Waals surface area contributed by atoms with Gasteiger partial charge in [0, 0.05) is 12.1 Å². The third-order valence-corrected chi connectivity index (χ3v) is 5.46. The molecular weight excluding hydrogens is 368 g/mol. The fourth-order valence-electron chi connectivity index (χ4n) is 3.55. The van der Waals surface area contributed by atoms with Crippen LogP contribution in [0.25, 0.3) is 0 Å². The molecule has 0 fully saturated rings. The van der Waals surface area contributed by atoms with E-state index in [1.54, 1.807) is 0 Å². The lowest BCUT2D eigenvalue weighted by Gasteiger charge is -2.22. The van der Waals surface area contributed by atoms with E-state index in [1.807, 2.05) is 0 Å². The highest BCUT2D eigenvalue weighted by atomic mass is 16.6. The quantitative estimate of drug-likeness (QED) is 0.174. The van der Waals surface area contributed by atoms with Crippen LogP contribution in [0.15, 0.2) is 24.3 Å². The van der Waals surface area contributed by atoms with Crippen molar-refractivity contribution in [1.82, 2.24) is 5.32 Å². The van der Waals surface area contributed by atoms with Crippen LogP contribution in [0.4, 0.5) is 5.69 Å². The first-order chi connectivity index (χ1) is 14.1. The molecule has 0 aliphatic carbocycles. The van der Waals surface area contributed by atoms with Crippen molar-refractivity contribution in [1.29, 1.82) is 0 Å². The van der Waals surface area contributed by atoms with E-state index in [1.165, 1.54) is 88.5 Å². The molecule has 0 saturated carbocycles. The highest BCUT2D eigenvalue weighted by Crippen LogP contribution is 2.20. The molecule has 0 bridgehead atoms. The van der Waals surface area contributed by atoms with Crippen LogP contribution in [0.2, 0.25) is 0 Å². The molecule has 0 amide bonds. The lowest BCUT2D eigenvalue weighted by atomic mass is 10.0. The third kappa shape index (κ3) is 11.3. The molecule has 6 nitrogen and oxygen atoms in total. The topological polar surface area (TPSA) is 95.6 Å². The number of benzene rings is 1. The van der Waals surface area contributed by atoms with Gasteiger partial charge in [-0.25, -0.2) is 0 Å². The van der Waals surface area contributed by atoms with E-state index >= 15 is 0 Å². The number of nitrogens with zero attached hydrogens (tertiary/aromatic N) is 1. The van der Waals surface area contributed by atoms with E-state index in [0.29, 0.717) is 5.56 Å². The minimum absolute atomic E-state index is 0.00838. The maximum absolute atomic E-state index is 10.7. The molecule has 2 atom stereocenters. The summed E-state index contributed by atoms with van der Waals surface area (Å²) >= 11 is 0. The number of rotatable bonds is 18. The number of nitro groups is 1. The number of hydrogen-bond acceptors (Lipinski definition) is 5. The standard InChI is InChI=1S/C23H40N2O4/c1-2-3-4-5-6-7-8-9-10-11-12-13-18-24-22(19-26)23(27)20-14-16-21(17-15-20)25(28)29/h14-17,22-24,26-27H,2-13,18-19H2,1H3/t22-,23-/m0/s1. The number of hydrogen-bond donors (Lipinski definition) is 3. The zero-order valence-electron chi connectivity index (χ0n) is 18.0. The monoisotopic (exact) mass is 408 g/mol. The first-order valence-electron chi connectivity index (χ1n) is 11.4. The Bertz CT molecular complexity index is 536. The fourth-order valence-corrected chi connectivity index (χ4v) is 3.55. The lowest BCUT2D eigenvalue weighted by Crippen LogP contribution is -2.38. The largest absolute Gasteiger partial charge is 0.395 e. The predicted octanol–water partition coefficient (Wildman–Crippen LogP) is 5.28. The number of unbranched alkanes of at least 4 members (excludes halogenated alkanes) is 11. The van der Waals surface area contributed by atoms with Gasteiger partial charge in [0.1, 0.15) is 0 Å². The third-order valence-electron chi connectivity index (χ3n) is 5.46. The van der Waals surface area contributed by atoms with Crippen LogP contribution < -0.4 is 5.32 Å². The normalized spacial score (nSPS) is 13.3. The first kappa shape index (κ1) is 25.5. The van der Waals surface area contributed by atoms with Gasteiger partial charge in [0.05, 0.1) is 23.7 Å². The highest BCUT2D eigenvalue weighted by Gasteiger charge is 2.20. The second-order valence-corrected chi connectivity index (χ2v) is 7.93. The Hall–Kier alpha value is -1.50. The summed E-state index contributed by atoms with van der Waals surface area (Å²) in [5.74, 6) is 0. The lowest BCUT2D eigenvalue weighted by molar-refractivity contribution is -0.384. The smallest absolute Gasteiger partial charge is 0.269 e. The van der Waals surface area contributed by atoms with E-state index in [2.05, 4.69) is 12.2 Å². The molecule has 0 aliphatic rings. The minimum atomic E-state index is -0.891. The van der Waals surface area contributed by atoms with E-state index in [4.69, 9.17) is 0 Å². The molecule has 0 aliphatic heterocycles. The Morgan fingerprint density at radius 2 is 1.38 bits per heavy atom. The Kier molecular flexibility index (Phi) is 14.4. The molecule has 0 heterocycles. The number of nitrogens with one attached hydrogen (secondary N) is 1. The van der Waals surface area contributed by atoms with Crippen LogP contribution in [0.5, 0.6) is 0 Å². The summed E-state index contributed by atoms with van der Waals surface area (Å²) in [5, 5.41) is 33.9. The molecule has 0 aromatic heterocycles. The van der Waals surface area contributed by atoms with E-state index < -0.39 is 17.1 Å². The van der Waals surface area contributed by atoms with Gasteiger partial charge in [-0.15, -0.1) is 0 Å². The molecule has 166 valence electrons. The second-order valence-electron chi connectivity index (χ2n) is 7.93. The molecule has 29 heavy (non-hydrogen) atoms. The van der Waals surface area contributed by atoms with Crippen LogP contribution in [0.1, 0.15) is 95.6 Å². The zero-order chi connectivity index (χ0) is 21.3. The van der Waals surface area contributed by atoms with Gasteiger partial charge in [0.25, 0.3) is 5.69 Å². The van der Waals surface area contributed by atoms with Gasteiger partial charge < -0.3 is 15.5 Å². The van der Waals surface area contributed by atoms with E-state index in [0.717, 1.165) is 19.4 Å². The summed E-state index contributed by atoms with van der Waals surface area (Å²) in [4.78, 5) is 10.2. The zero-order valence-corrected chi connectivity index (χ0v) is 18.0. The van der Waals surface area contributed by atoms with Gasteiger partial charge >= 0.3 is 0 Å². The van der Waals surface area contributed by atoms with Gasteiger partial charge in [0.2, 0.25) is 0 Å². The van der Waals surface area contributed by atoms with Crippen molar-refractivity contribution in [2.24, 2.45) is 0 Å². The molecule has 1 aromatic rings. The molecule has 1 aromatic carbocycles. The minimum Gasteiger partial charge on any atom is -0.395 e. The maximum Gasteiger partial charge on any atom is 0.269 e. The summed E-state index contributed by atoms with van der Waals surface area (Å²) in [6.45, 7) is 2.81. The summed E-state index contributed by atoms with van der Waals surface area (Å²) in [5.41, 5.74) is 0.558. The Morgan fingerprint density at radius 1 is 0.897 bits per heavy atom. The van der Waals surface area contributed by atoms with Crippen LogP contribution in [0.3, 0.4) is 0 Å². The molecule has 1 rings (SSSR count). The SMILES string of the molecule is CCCCCCCCCCCCCCN[C@@H](CO)[C@@H](O)c1ccc([N+](=O)[O-])cc1. The highest BCUT2D eigenvalue weighted by molar-refractivity contribution is 5.34.